The minimum atomic E-state index is -3.37. The third-order valence-corrected chi connectivity index (χ3v) is 4.55. The number of sulfonamides is 1. The average Bonchev–Trinajstić information content (AvgIpc) is 2.29. The first-order valence-electron chi connectivity index (χ1n) is 4.84. The van der Waals surface area contributed by atoms with Crippen LogP contribution in [0.15, 0.2) is 24.3 Å². The Morgan fingerprint density at radius 3 is 2.71 bits per heavy atom. The van der Waals surface area contributed by atoms with Crippen LogP contribution in [-0.2, 0) is 10.0 Å². The van der Waals surface area contributed by atoms with Gasteiger partial charge in [0, 0.05) is 18.6 Å². The Kier molecular flexibility index (Phi) is 5.52. The molecule has 0 atom stereocenters. The summed E-state index contributed by atoms with van der Waals surface area (Å²) in [4.78, 5) is 0. The van der Waals surface area contributed by atoms with E-state index in [1.54, 1.807) is 24.3 Å². The van der Waals surface area contributed by atoms with Gasteiger partial charge in [0.2, 0.25) is 10.0 Å². The zero-order valence-electron chi connectivity index (χ0n) is 9.27. The van der Waals surface area contributed by atoms with Crippen LogP contribution in [-0.4, -0.2) is 38.1 Å². The van der Waals surface area contributed by atoms with Gasteiger partial charge in [-0.2, -0.15) is 0 Å². The maximum Gasteiger partial charge on any atom is 0.228 e. The lowest BCUT2D eigenvalue weighted by molar-refractivity contribution is 0.287. The Morgan fingerprint density at radius 1 is 1.41 bits per heavy atom. The topological polar surface area (TPSA) is 46.6 Å². The summed E-state index contributed by atoms with van der Waals surface area (Å²) in [6.45, 7) is 0.481. The van der Waals surface area contributed by atoms with Crippen LogP contribution in [0.2, 0.25) is 5.02 Å². The van der Waals surface area contributed by atoms with Gasteiger partial charge in [0.1, 0.15) is 17.6 Å². The maximum absolute atomic E-state index is 11.3. The number of alkyl halides is 1. The zero-order valence-corrected chi connectivity index (χ0v) is 11.6. The largest absolute Gasteiger partial charge is 0.492 e. The first-order chi connectivity index (χ1) is 7.95. The van der Waals surface area contributed by atoms with Crippen molar-refractivity contribution in [1.29, 1.82) is 0 Å². The smallest absolute Gasteiger partial charge is 0.228 e. The molecule has 0 spiro atoms. The van der Waals surface area contributed by atoms with E-state index in [1.165, 1.54) is 7.05 Å². The number of benzene rings is 1. The first-order valence-corrected chi connectivity index (χ1v) is 7.36. The molecule has 1 rings (SSSR count). The van der Waals surface area contributed by atoms with Crippen molar-refractivity contribution in [3.05, 3.63) is 29.3 Å². The molecule has 0 aliphatic carbocycles. The summed E-state index contributed by atoms with van der Waals surface area (Å²) in [5.74, 6) is 0.606. The number of likely N-dealkylation sites (N-methyl/N-ethyl adjacent to an activating group) is 1. The van der Waals surface area contributed by atoms with E-state index >= 15 is 0 Å². The van der Waals surface area contributed by atoms with Crippen LogP contribution in [0, 0.1) is 0 Å². The molecule has 0 saturated heterocycles. The molecule has 0 amide bonds. The molecular formula is C10H13Cl2NO3S. The Balaban J connectivity index is 2.43. The molecule has 0 aliphatic rings. The molecule has 17 heavy (non-hydrogen) atoms. The Morgan fingerprint density at radius 2 is 2.12 bits per heavy atom. The molecule has 0 aromatic heterocycles. The van der Waals surface area contributed by atoms with Crippen LogP contribution in [0.3, 0.4) is 0 Å². The van der Waals surface area contributed by atoms with Crippen molar-refractivity contribution in [1.82, 2.24) is 4.31 Å². The molecule has 1 aromatic rings. The van der Waals surface area contributed by atoms with Gasteiger partial charge < -0.3 is 4.74 Å². The van der Waals surface area contributed by atoms with Gasteiger partial charge in [-0.15, -0.1) is 11.6 Å². The summed E-state index contributed by atoms with van der Waals surface area (Å²) in [6, 6.07) is 6.91. The zero-order chi connectivity index (χ0) is 12.9. The molecule has 4 nitrogen and oxygen atoms in total. The molecule has 0 bridgehead atoms. The second-order valence-electron chi connectivity index (χ2n) is 3.35. The summed E-state index contributed by atoms with van der Waals surface area (Å²) in [7, 11) is -1.91. The molecule has 0 heterocycles. The number of hydrogen-bond donors (Lipinski definition) is 0. The Hall–Kier alpha value is -0.490. The van der Waals surface area contributed by atoms with Crippen LogP contribution in [0.4, 0.5) is 0 Å². The minimum absolute atomic E-state index is 0.238. The fourth-order valence-corrected chi connectivity index (χ4v) is 2.27. The van der Waals surface area contributed by atoms with Crippen LogP contribution in [0.25, 0.3) is 0 Å². The summed E-state index contributed by atoms with van der Waals surface area (Å²) in [5.41, 5.74) is 0. The summed E-state index contributed by atoms with van der Waals surface area (Å²) < 4.78 is 29.1. The van der Waals surface area contributed by atoms with E-state index in [-0.39, 0.29) is 13.2 Å². The fourth-order valence-electron chi connectivity index (χ4n) is 1.07. The highest BCUT2D eigenvalue weighted by Gasteiger charge is 2.15. The van der Waals surface area contributed by atoms with Crippen LogP contribution in [0.5, 0.6) is 5.75 Å². The van der Waals surface area contributed by atoms with Crippen molar-refractivity contribution in [2.45, 2.75) is 0 Å². The summed E-state index contributed by atoms with van der Waals surface area (Å²) in [5, 5.41) is 0.143. The lowest BCUT2D eigenvalue weighted by Gasteiger charge is -2.15. The van der Waals surface area contributed by atoms with Crippen molar-refractivity contribution in [3.63, 3.8) is 0 Å². The lowest BCUT2D eigenvalue weighted by atomic mass is 10.3. The molecular weight excluding hydrogens is 285 g/mol. The second kappa shape index (κ2) is 6.44. The molecule has 0 radical (unpaired) electrons. The van der Waals surface area contributed by atoms with E-state index in [0.717, 1.165) is 4.31 Å². The van der Waals surface area contributed by atoms with E-state index in [9.17, 15) is 8.42 Å². The lowest BCUT2D eigenvalue weighted by Crippen LogP contribution is -2.31. The highest BCUT2D eigenvalue weighted by molar-refractivity contribution is 7.90. The van der Waals surface area contributed by atoms with E-state index < -0.39 is 15.2 Å². The highest BCUT2D eigenvalue weighted by Crippen LogP contribution is 2.16. The van der Waals surface area contributed by atoms with E-state index in [1.807, 2.05) is 0 Å². The first kappa shape index (κ1) is 14.6. The maximum atomic E-state index is 11.3. The third-order valence-electron chi connectivity index (χ3n) is 2.08. The van der Waals surface area contributed by atoms with E-state index in [2.05, 4.69) is 0 Å². The van der Waals surface area contributed by atoms with Gasteiger partial charge >= 0.3 is 0 Å². The minimum Gasteiger partial charge on any atom is -0.492 e. The predicted molar refractivity (Wildman–Crippen MR) is 69.2 cm³/mol. The van der Waals surface area contributed by atoms with Crippen LogP contribution < -0.4 is 4.74 Å². The number of ether oxygens (including phenoxy) is 1. The van der Waals surface area contributed by atoms with E-state index in [0.29, 0.717) is 10.8 Å². The summed E-state index contributed by atoms with van der Waals surface area (Å²) in [6.07, 6.45) is 0. The molecule has 0 fully saturated rings. The third kappa shape index (κ3) is 4.71. The van der Waals surface area contributed by atoms with Crippen LogP contribution >= 0.6 is 23.2 Å². The highest BCUT2D eigenvalue weighted by atomic mass is 35.5. The fraction of sp³-hybridized carbons (Fsp3) is 0.400. The number of rotatable bonds is 6. The van der Waals surface area contributed by atoms with Gasteiger partial charge in [0.25, 0.3) is 0 Å². The van der Waals surface area contributed by atoms with Gasteiger partial charge in [-0.1, -0.05) is 17.7 Å². The standard InChI is InChI=1S/C10H13Cl2NO3S/c1-13(17(14,15)8-11)5-6-16-10-4-2-3-9(12)7-10/h2-4,7H,5-6,8H2,1H3. The van der Waals surface area contributed by atoms with Crippen molar-refractivity contribution in [2.24, 2.45) is 0 Å². The molecule has 0 N–H and O–H groups in total. The van der Waals surface area contributed by atoms with Crippen molar-refractivity contribution < 1.29 is 13.2 Å². The monoisotopic (exact) mass is 297 g/mol. The van der Waals surface area contributed by atoms with Gasteiger partial charge in [0.05, 0.1) is 0 Å². The molecule has 0 saturated carbocycles. The molecule has 7 heteroatoms. The van der Waals surface area contributed by atoms with Crippen molar-refractivity contribution in [3.8, 4) is 5.75 Å². The van der Waals surface area contributed by atoms with Gasteiger partial charge in [-0.05, 0) is 18.2 Å². The number of halogens is 2. The van der Waals surface area contributed by atoms with E-state index in [4.69, 9.17) is 27.9 Å². The van der Waals surface area contributed by atoms with Gasteiger partial charge in [-0.3, -0.25) is 0 Å². The molecule has 0 aliphatic heterocycles. The Bertz CT molecular complexity index is 464. The Labute approximate surface area is 111 Å². The SMILES string of the molecule is CN(CCOc1cccc(Cl)c1)S(=O)(=O)CCl. The normalized spacial score (nSPS) is 11.8. The molecule has 96 valence electrons. The van der Waals surface area contributed by atoms with Gasteiger partial charge in [-0.25, -0.2) is 12.7 Å². The average molecular weight is 298 g/mol. The molecule has 0 unspecified atom stereocenters. The summed E-state index contributed by atoms with van der Waals surface area (Å²) >= 11 is 11.1. The van der Waals surface area contributed by atoms with Crippen molar-refractivity contribution >= 4 is 33.2 Å². The second-order valence-corrected chi connectivity index (χ2v) is 6.44. The quantitative estimate of drug-likeness (QED) is 0.756. The van der Waals surface area contributed by atoms with Crippen molar-refractivity contribution in [2.75, 3.05) is 25.4 Å². The number of nitrogens with zero attached hydrogens (tertiary/aromatic N) is 1. The van der Waals surface area contributed by atoms with Gasteiger partial charge in [0.15, 0.2) is 0 Å². The van der Waals surface area contributed by atoms with Crippen LogP contribution in [0.1, 0.15) is 0 Å². The molecule has 1 aromatic carbocycles. The predicted octanol–water partition coefficient (Wildman–Crippen LogP) is 2.18. The number of hydrogen-bond acceptors (Lipinski definition) is 3.